The molecule has 2 aliphatic carbocycles. The van der Waals surface area contributed by atoms with Gasteiger partial charge in [-0.3, -0.25) is 0 Å². The summed E-state index contributed by atoms with van der Waals surface area (Å²) in [4.78, 5) is 0. The summed E-state index contributed by atoms with van der Waals surface area (Å²) in [5.74, 6) is 2.40. The number of benzene rings is 2. The summed E-state index contributed by atoms with van der Waals surface area (Å²) in [5, 5.41) is 0. The Morgan fingerprint density at radius 2 is 1.36 bits per heavy atom. The van der Waals surface area contributed by atoms with Gasteiger partial charge in [0.15, 0.2) is 0 Å². The Balaban J connectivity index is 1.68. The highest BCUT2D eigenvalue weighted by Crippen LogP contribution is 2.49. The monoisotopic (exact) mass is 290 g/mol. The summed E-state index contributed by atoms with van der Waals surface area (Å²) < 4.78 is 0. The van der Waals surface area contributed by atoms with Gasteiger partial charge in [-0.2, -0.15) is 0 Å². The first-order valence-electron chi connectivity index (χ1n) is 9.06. The predicted octanol–water partition coefficient (Wildman–Crippen LogP) is 6.08. The van der Waals surface area contributed by atoms with E-state index in [1.807, 2.05) is 0 Å². The SMILES string of the molecule is c1ccc([C@H]2CCCCC2[C@H]2CCCc3ccccc32)cc1. The second kappa shape index (κ2) is 6.28. The minimum atomic E-state index is 0.770. The molecule has 0 saturated heterocycles. The molecule has 4 rings (SSSR count). The zero-order chi connectivity index (χ0) is 14.8. The lowest BCUT2D eigenvalue weighted by Gasteiger charge is -2.40. The van der Waals surface area contributed by atoms with Crippen molar-refractivity contribution in [2.45, 2.75) is 56.8 Å². The number of fused-ring (bicyclic) bond motifs is 1. The van der Waals surface area contributed by atoms with E-state index in [1.54, 1.807) is 16.7 Å². The number of hydrogen-bond donors (Lipinski definition) is 0. The fourth-order valence-corrected chi connectivity index (χ4v) is 4.99. The maximum Gasteiger partial charge on any atom is -0.0125 e. The first-order chi connectivity index (χ1) is 10.9. The molecule has 1 unspecified atom stereocenters. The minimum Gasteiger partial charge on any atom is -0.0622 e. The lowest BCUT2D eigenvalue weighted by atomic mass is 9.64. The van der Waals surface area contributed by atoms with Crippen LogP contribution < -0.4 is 0 Å². The Morgan fingerprint density at radius 3 is 2.27 bits per heavy atom. The van der Waals surface area contributed by atoms with Gasteiger partial charge < -0.3 is 0 Å². The van der Waals surface area contributed by atoms with E-state index in [2.05, 4.69) is 54.6 Å². The average molecular weight is 290 g/mol. The van der Waals surface area contributed by atoms with Crippen LogP contribution in [0, 0.1) is 5.92 Å². The van der Waals surface area contributed by atoms with Crippen LogP contribution in [0.25, 0.3) is 0 Å². The largest absolute Gasteiger partial charge is 0.0622 e. The highest BCUT2D eigenvalue weighted by Gasteiger charge is 2.35. The van der Waals surface area contributed by atoms with Crippen LogP contribution in [-0.2, 0) is 6.42 Å². The van der Waals surface area contributed by atoms with E-state index >= 15 is 0 Å². The van der Waals surface area contributed by atoms with E-state index in [1.165, 1.54) is 44.9 Å². The van der Waals surface area contributed by atoms with Gasteiger partial charge >= 0.3 is 0 Å². The van der Waals surface area contributed by atoms with Gasteiger partial charge in [0.05, 0.1) is 0 Å². The Morgan fingerprint density at radius 1 is 0.636 bits per heavy atom. The van der Waals surface area contributed by atoms with Crippen molar-refractivity contribution < 1.29 is 0 Å². The average Bonchev–Trinajstić information content (AvgIpc) is 2.62. The maximum atomic E-state index is 2.41. The van der Waals surface area contributed by atoms with Crippen LogP contribution in [0.15, 0.2) is 54.6 Å². The Bertz CT molecular complexity index is 613. The van der Waals surface area contributed by atoms with Crippen LogP contribution in [0.5, 0.6) is 0 Å². The van der Waals surface area contributed by atoms with Crippen LogP contribution in [0.1, 0.15) is 67.1 Å². The second-order valence-corrected chi connectivity index (χ2v) is 7.16. The molecule has 0 nitrogen and oxygen atoms in total. The molecule has 3 atom stereocenters. The molecular weight excluding hydrogens is 264 g/mol. The highest BCUT2D eigenvalue weighted by atomic mass is 14.4. The maximum absolute atomic E-state index is 2.41. The third kappa shape index (κ3) is 2.60. The summed E-state index contributed by atoms with van der Waals surface area (Å²) in [6.07, 6.45) is 9.68. The summed E-state index contributed by atoms with van der Waals surface area (Å²) >= 11 is 0. The normalized spacial score (nSPS) is 28.1. The van der Waals surface area contributed by atoms with Crippen molar-refractivity contribution >= 4 is 0 Å². The third-order valence-electron chi connectivity index (χ3n) is 5.98. The smallest absolute Gasteiger partial charge is 0.0125 e. The van der Waals surface area contributed by atoms with Gasteiger partial charge in [-0.25, -0.2) is 0 Å². The molecule has 2 aliphatic rings. The number of aryl methyl sites for hydroxylation is 1. The Labute approximate surface area is 134 Å². The van der Waals surface area contributed by atoms with Gasteiger partial charge in [-0.05, 0) is 66.5 Å². The standard InChI is InChI=1S/C22H26/c1-2-9-17(10-3-1)19-14-6-7-15-21(19)22-16-8-12-18-11-4-5-13-20(18)22/h1-5,9-11,13,19,21-22H,6-8,12,14-16H2/t19-,21?,22+/m1/s1. The van der Waals surface area contributed by atoms with Crippen molar-refractivity contribution in [3.63, 3.8) is 0 Å². The first-order valence-corrected chi connectivity index (χ1v) is 9.06. The summed E-state index contributed by atoms with van der Waals surface area (Å²) in [6, 6.07) is 20.5. The molecule has 0 spiro atoms. The van der Waals surface area contributed by atoms with Crippen LogP contribution >= 0.6 is 0 Å². The quantitative estimate of drug-likeness (QED) is 0.628. The Hall–Kier alpha value is -1.56. The third-order valence-corrected chi connectivity index (χ3v) is 5.98. The summed E-state index contributed by atoms with van der Waals surface area (Å²) in [5.41, 5.74) is 4.87. The molecule has 0 aliphatic heterocycles. The van der Waals surface area contributed by atoms with Crippen molar-refractivity contribution in [1.29, 1.82) is 0 Å². The van der Waals surface area contributed by atoms with Crippen LogP contribution in [-0.4, -0.2) is 0 Å². The fraction of sp³-hybridized carbons (Fsp3) is 0.455. The van der Waals surface area contributed by atoms with E-state index in [0.717, 1.165) is 17.8 Å². The molecule has 0 heterocycles. The van der Waals surface area contributed by atoms with E-state index in [9.17, 15) is 0 Å². The lowest BCUT2D eigenvalue weighted by Crippen LogP contribution is -2.27. The molecule has 0 heteroatoms. The number of hydrogen-bond acceptors (Lipinski definition) is 0. The van der Waals surface area contributed by atoms with Gasteiger partial charge in [0.25, 0.3) is 0 Å². The zero-order valence-corrected chi connectivity index (χ0v) is 13.4. The Kier molecular flexibility index (Phi) is 4.01. The van der Waals surface area contributed by atoms with Gasteiger partial charge in [0, 0.05) is 0 Å². The summed E-state index contributed by atoms with van der Waals surface area (Å²) in [6.45, 7) is 0. The fourth-order valence-electron chi connectivity index (χ4n) is 4.99. The van der Waals surface area contributed by atoms with Crippen molar-refractivity contribution in [1.82, 2.24) is 0 Å². The molecule has 1 fully saturated rings. The summed E-state index contributed by atoms with van der Waals surface area (Å²) in [7, 11) is 0. The molecule has 114 valence electrons. The topological polar surface area (TPSA) is 0 Å². The molecule has 0 aromatic heterocycles. The van der Waals surface area contributed by atoms with Crippen molar-refractivity contribution in [3.05, 3.63) is 71.3 Å². The van der Waals surface area contributed by atoms with E-state index < -0.39 is 0 Å². The molecule has 1 saturated carbocycles. The van der Waals surface area contributed by atoms with Gasteiger partial charge in [0.2, 0.25) is 0 Å². The van der Waals surface area contributed by atoms with Crippen molar-refractivity contribution in [2.24, 2.45) is 5.92 Å². The minimum absolute atomic E-state index is 0.770. The van der Waals surface area contributed by atoms with Gasteiger partial charge in [-0.15, -0.1) is 0 Å². The molecular formula is C22H26. The zero-order valence-electron chi connectivity index (χ0n) is 13.4. The molecule has 0 bridgehead atoms. The predicted molar refractivity (Wildman–Crippen MR) is 93.3 cm³/mol. The molecule has 2 aromatic carbocycles. The molecule has 22 heavy (non-hydrogen) atoms. The lowest BCUT2D eigenvalue weighted by molar-refractivity contribution is 0.244. The van der Waals surface area contributed by atoms with Crippen LogP contribution in [0.4, 0.5) is 0 Å². The number of rotatable bonds is 2. The van der Waals surface area contributed by atoms with Gasteiger partial charge in [0.1, 0.15) is 0 Å². The van der Waals surface area contributed by atoms with Crippen molar-refractivity contribution in [2.75, 3.05) is 0 Å². The van der Waals surface area contributed by atoms with Crippen molar-refractivity contribution in [3.8, 4) is 0 Å². The molecule has 2 aromatic rings. The van der Waals surface area contributed by atoms with Gasteiger partial charge in [-0.1, -0.05) is 67.4 Å². The molecule has 0 radical (unpaired) electrons. The molecule has 0 N–H and O–H groups in total. The van der Waals surface area contributed by atoms with E-state index in [0.29, 0.717) is 0 Å². The first kappa shape index (κ1) is 14.1. The molecule has 0 amide bonds. The second-order valence-electron chi connectivity index (χ2n) is 7.16. The van der Waals surface area contributed by atoms with E-state index in [-0.39, 0.29) is 0 Å². The van der Waals surface area contributed by atoms with Crippen LogP contribution in [0.2, 0.25) is 0 Å². The highest BCUT2D eigenvalue weighted by molar-refractivity contribution is 5.34. The van der Waals surface area contributed by atoms with E-state index in [4.69, 9.17) is 0 Å². The van der Waals surface area contributed by atoms with Crippen LogP contribution in [0.3, 0.4) is 0 Å².